The van der Waals surface area contributed by atoms with E-state index >= 15 is 0 Å². The van der Waals surface area contributed by atoms with E-state index in [1.54, 1.807) is 19.2 Å². The van der Waals surface area contributed by atoms with Gasteiger partial charge in [-0.2, -0.15) is 0 Å². The molecule has 2 aromatic carbocycles. The first kappa shape index (κ1) is 14.3. The van der Waals surface area contributed by atoms with Crippen molar-refractivity contribution in [3.05, 3.63) is 53.8 Å². The maximum absolute atomic E-state index is 14.4. The number of halogens is 1. The van der Waals surface area contributed by atoms with E-state index in [2.05, 4.69) is 4.98 Å². The zero-order valence-electron chi connectivity index (χ0n) is 12.7. The molecule has 0 unspecified atom stereocenters. The van der Waals surface area contributed by atoms with E-state index in [9.17, 15) is 4.39 Å². The third kappa shape index (κ3) is 2.26. The molecule has 0 aliphatic rings. The average molecular weight is 297 g/mol. The van der Waals surface area contributed by atoms with Gasteiger partial charge >= 0.3 is 0 Å². The lowest BCUT2D eigenvalue weighted by Gasteiger charge is -2.14. The Morgan fingerprint density at radius 2 is 1.68 bits per heavy atom. The van der Waals surface area contributed by atoms with Gasteiger partial charge in [0.1, 0.15) is 23.0 Å². The highest BCUT2D eigenvalue weighted by atomic mass is 19.1. The molecule has 22 heavy (non-hydrogen) atoms. The first-order valence-electron chi connectivity index (χ1n) is 6.93. The summed E-state index contributed by atoms with van der Waals surface area (Å²) in [5.41, 5.74) is 2.60. The minimum Gasteiger partial charge on any atom is -0.496 e. The number of aryl methyl sites for hydroxylation is 1. The number of ether oxygens (including phenoxy) is 2. The van der Waals surface area contributed by atoms with Crippen molar-refractivity contribution >= 4 is 10.9 Å². The van der Waals surface area contributed by atoms with Gasteiger partial charge in [-0.05, 0) is 30.7 Å². The van der Waals surface area contributed by atoms with E-state index in [4.69, 9.17) is 9.47 Å². The van der Waals surface area contributed by atoms with Gasteiger partial charge in [-0.15, -0.1) is 0 Å². The molecule has 1 aromatic heterocycles. The first-order chi connectivity index (χ1) is 10.7. The van der Waals surface area contributed by atoms with Crippen molar-refractivity contribution in [3.63, 3.8) is 0 Å². The molecule has 0 spiro atoms. The molecule has 0 saturated heterocycles. The van der Waals surface area contributed by atoms with Crippen LogP contribution in [-0.4, -0.2) is 19.2 Å². The normalized spacial score (nSPS) is 10.7. The molecule has 3 rings (SSSR count). The van der Waals surface area contributed by atoms with Gasteiger partial charge in [-0.1, -0.05) is 24.3 Å². The maximum atomic E-state index is 14.4. The Morgan fingerprint density at radius 3 is 2.41 bits per heavy atom. The Kier molecular flexibility index (Phi) is 3.67. The quantitative estimate of drug-likeness (QED) is 0.719. The Balaban J connectivity index is 2.37. The van der Waals surface area contributed by atoms with Gasteiger partial charge in [0.15, 0.2) is 0 Å². The van der Waals surface area contributed by atoms with E-state index in [0.29, 0.717) is 22.8 Å². The number of methoxy groups -OCH3 is 2. The number of pyridine rings is 1. The highest BCUT2D eigenvalue weighted by Gasteiger charge is 2.18. The molecule has 0 N–H and O–H groups in total. The second kappa shape index (κ2) is 5.64. The first-order valence-corrected chi connectivity index (χ1v) is 6.93. The topological polar surface area (TPSA) is 31.4 Å². The van der Waals surface area contributed by atoms with Crippen molar-refractivity contribution in [3.8, 4) is 22.8 Å². The van der Waals surface area contributed by atoms with Gasteiger partial charge in [-0.25, -0.2) is 9.37 Å². The van der Waals surface area contributed by atoms with Crippen molar-refractivity contribution < 1.29 is 13.9 Å². The molecule has 0 atom stereocenters. The number of aromatic nitrogens is 1. The molecular weight excluding hydrogens is 281 g/mol. The number of rotatable bonds is 3. The Labute approximate surface area is 128 Å². The van der Waals surface area contributed by atoms with Crippen LogP contribution in [0.4, 0.5) is 4.39 Å². The summed E-state index contributed by atoms with van der Waals surface area (Å²) in [6.45, 7) is 1.98. The van der Waals surface area contributed by atoms with Crippen molar-refractivity contribution in [1.82, 2.24) is 4.98 Å². The highest BCUT2D eigenvalue weighted by molar-refractivity contribution is 5.88. The van der Waals surface area contributed by atoms with Crippen molar-refractivity contribution in [2.45, 2.75) is 6.92 Å². The second-order valence-corrected chi connectivity index (χ2v) is 5.00. The second-order valence-electron chi connectivity index (χ2n) is 5.00. The lowest BCUT2D eigenvalue weighted by atomic mass is 10.0. The fourth-order valence-electron chi connectivity index (χ4n) is 2.57. The van der Waals surface area contributed by atoms with Crippen LogP contribution in [0.3, 0.4) is 0 Å². The van der Waals surface area contributed by atoms with Gasteiger partial charge in [0.05, 0.1) is 25.3 Å². The summed E-state index contributed by atoms with van der Waals surface area (Å²) >= 11 is 0. The Morgan fingerprint density at radius 1 is 0.955 bits per heavy atom. The maximum Gasteiger partial charge on any atom is 0.146 e. The molecule has 0 radical (unpaired) electrons. The predicted octanol–water partition coefficient (Wildman–Crippen LogP) is 4.37. The number of benzene rings is 2. The molecule has 1 heterocycles. The lowest BCUT2D eigenvalue weighted by molar-refractivity contribution is 0.407. The number of para-hydroxylation sites is 1. The lowest BCUT2D eigenvalue weighted by Crippen LogP contribution is -1.98. The smallest absolute Gasteiger partial charge is 0.146 e. The third-order valence-corrected chi connectivity index (χ3v) is 3.66. The summed E-state index contributed by atoms with van der Waals surface area (Å²) < 4.78 is 25.1. The van der Waals surface area contributed by atoms with Crippen molar-refractivity contribution in [1.29, 1.82) is 0 Å². The summed E-state index contributed by atoms with van der Waals surface area (Å²) in [6, 6.07) is 12.5. The van der Waals surface area contributed by atoms with E-state index in [1.165, 1.54) is 13.2 Å². The molecule has 3 aromatic rings. The number of hydrogen-bond donors (Lipinski definition) is 0. The summed E-state index contributed by atoms with van der Waals surface area (Å²) in [5, 5.41) is 0.955. The molecule has 0 fully saturated rings. The standard InChI is InChI=1S/C18H16FNO2/c1-11-6-4-7-12-10-15(22-3)18(20-17(11)12)16-13(19)8-5-9-14(16)21-2/h4-10H,1-3H3. The molecule has 0 bridgehead atoms. The van der Waals surface area contributed by atoms with Crippen LogP contribution in [0.5, 0.6) is 11.5 Å². The zero-order chi connectivity index (χ0) is 15.7. The van der Waals surface area contributed by atoms with Gasteiger partial charge in [-0.3, -0.25) is 0 Å². The largest absolute Gasteiger partial charge is 0.496 e. The Bertz CT molecular complexity index is 846. The molecule has 0 aliphatic heterocycles. The zero-order valence-corrected chi connectivity index (χ0v) is 12.7. The van der Waals surface area contributed by atoms with Crippen LogP contribution in [0, 0.1) is 12.7 Å². The summed E-state index contributed by atoms with van der Waals surface area (Å²) in [6.07, 6.45) is 0. The summed E-state index contributed by atoms with van der Waals surface area (Å²) in [5.74, 6) is 0.554. The minimum atomic E-state index is -0.391. The van der Waals surface area contributed by atoms with Crippen LogP contribution in [-0.2, 0) is 0 Å². The van der Waals surface area contributed by atoms with Crippen LogP contribution < -0.4 is 9.47 Å². The minimum absolute atomic E-state index is 0.312. The monoisotopic (exact) mass is 297 g/mol. The van der Waals surface area contributed by atoms with Gasteiger partial charge in [0, 0.05) is 5.39 Å². The van der Waals surface area contributed by atoms with E-state index in [-0.39, 0.29) is 0 Å². The van der Waals surface area contributed by atoms with E-state index in [0.717, 1.165) is 16.5 Å². The summed E-state index contributed by atoms with van der Waals surface area (Å²) in [7, 11) is 3.06. The van der Waals surface area contributed by atoms with Crippen LogP contribution in [0.1, 0.15) is 5.56 Å². The van der Waals surface area contributed by atoms with Crippen LogP contribution in [0.25, 0.3) is 22.2 Å². The van der Waals surface area contributed by atoms with Crippen LogP contribution >= 0.6 is 0 Å². The predicted molar refractivity (Wildman–Crippen MR) is 85.0 cm³/mol. The Hall–Kier alpha value is -2.62. The third-order valence-electron chi connectivity index (χ3n) is 3.66. The molecule has 0 aliphatic carbocycles. The molecule has 0 amide bonds. The number of hydrogen-bond acceptors (Lipinski definition) is 3. The molecule has 4 heteroatoms. The molecule has 112 valence electrons. The number of nitrogens with zero attached hydrogens (tertiary/aromatic N) is 1. The molecule has 0 saturated carbocycles. The van der Waals surface area contributed by atoms with Crippen molar-refractivity contribution in [2.24, 2.45) is 0 Å². The molecular formula is C18H16FNO2. The van der Waals surface area contributed by atoms with E-state index < -0.39 is 5.82 Å². The van der Waals surface area contributed by atoms with Gasteiger partial charge in [0.2, 0.25) is 0 Å². The van der Waals surface area contributed by atoms with Crippen LogP contribution in [0.2, 0.25) is 0 Å². The summed E-state index contributed by atoms with van der Waals surface area (Å²) in [4.78, 5) is 4.64. The SMILES string of the molecule is COc1cc2cccc(C)c2nc1-c1c(F)cccc1OC. The fourth-order valence-corrected chi connectivity index (χ4v) is 2.57. The number of fused-ring (bicyclic) bond motifs is 1. The average Bonchev–Trinajstić information content (AvgIpc) is 2.54. The van der Waals surface area contributed by atoms with Gasteiger partial charge < -0.3 is 9.47 Å². The van der Waals surface area contributed by atoms with E-state index in [1.807, 2.05) is 31.2 Å². The molecule has 3 nitrogen and oxygen atoms in total. The van der Waals surface area contributed by atoms with Crippen molar-refractivity contribution in [2.75, 3.05) is 14.2 Å². The van der Waals surface area contributed by atoms with Crippen LogP contribution in [0.15, 0.2) is 42.5 Å². The highest BCUT2D eigenvalue weighted by Crippen LogP contribution is 2.38. The fraction of sp³-hybridized carbons (Fsp3) is 0.167. The van der Waals surface area contributed by atoms with Gasteiger partial charge in [0.25, 0.3) is 0 Å².